The van der Waals surface area contributed by atoms with Crippen LogP contribution in [0.3, 0.4) is 0 Å². The quantitative estimate of drug-likeness (QED) is 0.817. The monoisotopic (exact) mass is 298 g/mol. The molecule has 1 aliphatic heterocycles. The van der Waals surface area contributed by atoms with Crippen molar-refractivity contribution in [3.8, 4) is 0 Å². The first-order valence-electron chi connectivity index (χ1n) is 7.34. The minimum Gasteiger partial charge on any atom is -0.358 e. The van der Waals surface area contributed by atoms with Crippen LogP contribution in [0.25, 0.3) is 10.8 Å². The Morgan fingerprint density at radius 3 is 2.52 bits per heavy atom. The lowest BCUT2D eigenvalue weighted by Gasteiger charge is -2.28. The number of rotatable bonds is 1. The Morgan fingerprint density at radius 2 is 1.71 bits per heavy atom. The molecule has 1 heterocycles. The standard InChI is InChI=1S/C17H18N2OS/c20-16(17(21)19-11-4-1-5-12-19)18-15-10-6-8-13-7-2-3-9-14(13)15/h2-3,6-10H,1,4-5,11-12H2,(H,18,20). The van der Waals surface area contributed by atoms with Crippen LogP contribution in [0.2, 0.25) is 0 Å². The van der Waals surface area contributed by atoms with Crippen LogP contribution in [-0.4, -0.2) is 28.9 Å². The van der Waals surface area contributed by atoms with Crippen LogP contribution in [0.4, 0.5) is 5.69 Å². The van der Waals surface area contributed by atoms with E-state index in [2.05, 4.69) is 5.32 Å². The molecule has 21 heavy (non-hydrogen) atoms. The predicted molar refractivity (Wildman–Crippen MR) is 90.6 cm³/mol. The van der Waals surface area contributed by atoms with E-state index in [9.17, 15) is 4.79 Å². The van der Waals surface area contributed by atoms with Gasteiger partial charge in [0.2, 0.25) is 0 Å². The number of nitrogens with zero attached hydrogens (tertiary/aromatic N) is 1. The number of piperidine rings is 1. The fraction of sp³-hybridized carbons (Fsp3) is 0.294. The number of benzene rings is 2. The van der Waals surface area contributed by atoms with E-state index in [1.54, 1.807) is 0 Å². The van der Waals surface area contributed by atoms with Gasteiger partial charge in [0.05, 0.1) is 0 Å². The normalized spacial score (nSPS) is 15.0. The summed E-state index contributed by atoms with van der Waals surface area (Å²) >= 11 is 5.33. The van der Waals surface area contributed by atoms with Crippen molar-refractivity contribution in [2.75, 3.05) is 18.4 Å². The van der Waals surface area contributed by atoms with Crippen LogP contribution >= 0.6 is 12.2 Å². The van der Waals surface area contributed by atoms with E-state index >= 15 is 0 Å². The van der Waals surface area contributed by atoms with Crippen LogP contribution in [0.1, 0.15) is 19.3 Å². The largest absolute Gasteiger partial charge is 0.358 e. The third-order valence-electron chi connectivity index (χ3n) is 3.88. The summed E-state index contributed by atoms with van der Waals surface area (Å²) in [6.07, 6.45) is 3.45. The van der Waals surface area contributed by atoms with Crippen molar-refractivity contribution < 1.29 is 4.79 Å². The zero-order valence-electron chi connectivity index (χ0n) is 11.8. The second kappa shape index (κ2) is 6.22. The molecule has 1 fully saturated rings. The number of hydrogen-bond donors (Lipinski definition) is 1. The van der Waals surface area contributed by atoms with E-state index in [0.29, 0.717) is 4.99 Å². The minimum absolute atomic E-state index is 0.178. The molecule has 0 aromatic heterocycles. The number of nitrogens with one attached hydrogen (secondary N) is 1. The van der Waals surface area contributed by atoms with Gasteiger partial charge in [-0.15, -0.1) is 0 Å². The maximum Gasteiger partial charge on any atom is 0.283 e. The topological polar surface area (TPSA) is 32.3 Å². The van der Waals surface area contributed by atoms with Gasteiger partial charge in [0, 0.05) is 24.2 Å². The average Bonchev–Trinajstić information content (AvgIpc) is 2.55. The smallest absolute Gasteiger partial charge is 0.283 e. The maximum absolute atomic E-state index is 12.4. The molecular weight excluding hydrogens is 280 g/mol. The number of hydrogen-bond acceptors (Lipinski definition) is 2. The van der Waals surface area contributed by atoms with Crippen molar-refractivity contribution >= 4 is 39.6 Å². The summed E-state index contributed by atoms with van der Waals surface area (Å²) in [6.45, 7) is 1.78. The van der Waals surface area contributed by atoms with Crippen LogP contribution in [0.5, 0.6) is 0 Å². The molecular formula is C17H18N2OS. The van der Waals surface area contributed by atoms with Gasteiger partial charge in [-0.25, -0.2) is 0 Å². The fourth-order valence-corrected chi connectivity index (χ4v) is 2.98. The molecule has 2 aromatic rings. The number of fused-ring (bicyclic) bond motifs is 1. The lowest BCUT2D eigenvalue weighted by molar-refractivity contribution is -0.110. The fourth-order valence-electron chi connectivity index (χ4n) is 2.75. The van der Waals surface area contributed by atoms with Crippen molar-refractivity contribution in [1.29, 1.82) is 0 Å². The zero-order valence-corrected chi connectivity index (χ0v) is 12.7. The number of carbonyl (C=O) groups excluding carboxylic acids is 1. The summed E-state index contributed by atoms with van der Waals surface area (Å²) in [5.74, 6) is -0.178. The summed E-state index contributed by atoms with van der Waals surface area (Å²) in [6, 6.07) is 13.9. The van der Waals surface area contributed by atoms with Crippen LogP contribution in [0, 0.1) is 0 Å². The molecule has 0 bridgehead atoms. The second-order valence-corrected chi connectivity index (χ2v) is 5.72. The first-order chi connectivity index (χ1) is 10.3. The van der Waals surface area contributed by atoms with E-state index in [4.69, 9.17) is 12.2 Å². The predicted octanol–water partition coefficient (Wildman–Crippen LogP) is 3.59. The summed E-state index contributed by atoms with van der Waals surface area (Å²) in [7, 11) is 0. The van der Waals surface area contributed by atoms with Gasteiger partial charge < -0.3 is 10.2 Å². The second-order valence-electron chi connectivity index (χ2n) is 5.33. The maximum atomic E-state index is 12.4. The Bertz CT molecular complexity index is 672. The lowest BCUT2D eigenvalue weighted by atomic mass is 10.1. The highest BCUT2D eigenvalue weighted by molar-refractivity contribution is 7.82. The first kappa shape index (κ1) is 14.0. The third-order valence-corrected chi connectivity index (χ3v) is 4.32. The molecule has 1 N–H and O–H groups in total. The highest BCUT2D eigenvalue weighted by atomic mass is 32.1. The van der Waals surface area contributed by atoms with Gasteiger partial charge in [0.15, 0.2) is 4.99 Å². The van der Waals surface area contributed by atoms with Crippen molar-refractivity contribution in [1.82, 2.24) is 4.90 Å². The molecule has 0 aliphatic carbocycles. The molecule has 1 saturated heterocycles. The molecule has 108 valence electrons. The third kappa shape index (κ3) is 3.05. The molecule has 0 spiro atoms. The van der Waals surface area contributed by atoms with Gasteiger partial charge in [-0.3, -0.25) is 4.79 Å². The van der Waals surface area contributed by atoms with Gasteiger partial charge in [0.1, 0.15) is 0 Å². The van der Waals surface area contributed by atoms with Crippen molar-refractivity contribution in [3.63, 3.8) is 0 Å². The van der Waals surface area contributed by atoms with Crippen molar-refractivity contribution in [3.05, 3.63) is 42.5 Å². The summed E-state index contributed by atoms with van der Waals surface area (Å²) < 4.78 is 0. The molecule has 3 nitrogen and oxygen atoms in total. The Hall–Kier alpha value is -1.94. The molecule has 0 radical (unpaired) electrons. The highest BCUT2D eigenvalue weighted by Gasteiger charge is 2.19. The number of thiocarbonyl (C=S) groups is 1. The van der Waals surface area contributed by atoms with E-state index in [0.717, 1.165) is 42.4 Å². The Morgan fingerprint density at radius 1 is 1.00 bits per heavy atom. The Balaban J connectivity index is 1.78. The molecule has 0 saturated carbocycles. The minimum atomic E-state index is -0.178. The highest BCUT2D eigenvalue weighted by Crippen LogP contribution is 2.23. The molecule has 1 amide bonds. The SMILES string of the molecule is O=C(Nc1cccc2ccccc12)C(=S)N1CCCCC1. The first-order valence-corrected chi connectivity index (χ1v) is 7.74. The van der Waals surface area contributed by atoms with E-state index < -0.39 is 0 Å². The van der Waals surface area contributed by atoms with E-state index in [1.165, 1.54) is 6.42 Å². The zero-order chi connectivity index (χ0) is 14.7. The molecule has 0 atom stereocenters. The Labute approximate surface area is 129 Å². The van der Waals surface area contributed by atoms with Gasteiger partial charge in [-0.05, 0) is 30.7 Å². The summed E-state index contributed by atoms with van der Waals surface area (Å²) in [5, 5.41) is 5.11. The molecule has 3 rings (SSSR count). The van der Waals surface area contributed by atoms with Crippen molar-refractivity contribution in [2.24, 2.45) is 0 Å². The van der Waals surface area contributed by atoms with Gasteiger partial charge >= 0.3 is 0 Å². The molecule has 2 aromatic carbocycles. The summed E-state index contributed by atoms with van der Waals surface area (Å²) in [5.41, 5.74) is 0.817. The van der Waals surface area contributed by atoms with Crippen LogP contribution in [0.15, 0.2) is 42.5 Å². The molecule has 4 heteroatoms. The van der Waals surface area contributed by atoms with E-state index in [1.807, 2.05) is 47.4 Å². The summed E-state index contributed by atoms with van der Waals surface area (Å²) in [4.78, 5) is 14.8. The van der Waals surface area contributed by atoms with Crippen molar-refractivity contribution in [2.45, 2.75) is 19.3 Å². The van der Waals surface area contributed by atoms with Crippen LogP contribution < -0.4 is 5.32 Å². The number of anilines is 1. The number of carbonyl (C=O) groups is 1. The van der Waals surface area contributed by atoms with Crippen LogP contribution in [-0.2, 0) is 4.79 Å². The van der Waals surface area contributed by atoms with Gasteiger partial charge in [0.25, 0.3) is 5.91 Å². The average molecular weight is 298 g/mol. The van der Waals surface area contributed by atoms with E-state index in [-0.39, 0.29) is 5.91 Å². The molecule has 0 unspecified atom stereocenters. The van der Waals surface area contributed by atoms with Gasteiger partial charge in [-0.2, -0.15) is 0 Å². The Kier molecular flexibility index (Phi) is 4.15. The molecule has 1 aliphatic rings. The van der Waals surface area contributed by atoms with Gasteiger partial charge in [-0.1, -0.05) is 48.6 Å². The number of likely N-dealkylation sites (tertiary alicyclic amines) is 1. The lowest BCUT2D eigenvalue weighted by Crippen LogP contribution is -2.41. The number of amides is 1.